The standard InChI is InChI=1S/C36H72N2O2S2/c39-35(38-40)33-31-29-27-25-23-21-19-17-15-13-11-9-7-5-3-1-2-4-6-8-10-12-14-16-18-20-22-24-26-28-30-32-34-37-36(41)42/h40H,1-34H2,(H,38,39)(H2,37,41,42). The third-order valence-electron chi connectivity index (χ3n) is 8.73. The Balaban J connectivity index is 3.05. The molecule has 0 aliphatic rings. The average molecular weight is 629 g/mol. The lowest BCUT2D eigenvalue weighted by molar-refractivity contribution is -0.129. The average Bonchev–Trinajstić information content (AvgIpc) is 2.98. The maximum absolute atomic E-state index is 10.9. The third kappa shape index (κ3) is 37.7. The zero-order valence-corrected chi connectivity index (χ0v) is 29.5. The smallest absolute Gasteiger partial charge is 0.243 e. The van der Waals surface area contributed by atoms with E-state index >= 15 is 0 Å². The van der Waals surface area contributed by atoms with Gasteiger partial charge in [0, 0.05) is 13.0 Å². The number of hydrogen-bond acceptors (Lipinski definition) is 3. The highest BCUT2D eigenvalue weighted by Crippen LogP contribution is 2.17. The minimum Gasteiger partial charge on any atom is -0.371 e. The summed E-state index contributed by atoms with van der Waals surface area (Å²) >= 11 is 8.98. The number of carbonyl (C=O) groups excluding carboxylic acids is 1. The van der Waals surface area contributed by atoms with E-state index in [2.05, 4.69) is 17.9 Å². The lowest BCUT2D eigenvalue weighted by Gasteiger charge is -2.05. The molecule has 250 valence electrons. The van der Waals surface area contributed by atoms with E-state index in [0.29, 0.717) is 10.7 Å². The molecule has 42 heavy (non-hydrogen) atoms. The molecule has 0 heterocycles. The fraction of sp³-hybridized carbons (Fsp3) is 0.944. The molecule has 0 rings (SSSR count). The Hall–Kier alpha value is -0.330. The fourth-order valence-electron chi connectivity index (χ4n) is 5.97. The highest BCUT2D eigenvalue weighted by molar-refractivity contribution is 8.11. The van der Waals surface area contributed by atoms with Crippen molar-refractivity contribution < 1.29 is 10.0 Å². The van der Waals surface area contributed by atoms with Gasteiger partial charge in [0.1, 0.15) is 4.32 Å². The molecule has 6 heteroatoms. The summed E-state index contributed by atoms with van der Waals surface area (Å²) in [5.74, 6) is -0.257. The van der Waals surface area contributed by atoms with Crippen LogP contribution >= 0.6 is 24.8 Å². The van der Waals surface area contributed by atoms with Gasteiger partial charge in [-0.05, 0) is 12.8 Å². The van der Waals surface area contributed by atoms with Crippen LogP contribution in [0.1, 0.15) is 212 Å². The molecule has 0 unspecified atom stereocenters. The second kappa shape index (κ2) is 36.9. The Kier molecular flexibility index (Phi) is 36.6. The van der Waals surface area contributed by atoms with E-state index in [1.807, 2.05) is 0 Å². The molecule has 0 spiro atoms. The number of unbranched alkanes of at least 4 members (excludes halogenated alkanes) is 31. The van der Waals surface area contributed by atoms with Gasteiger partial charge >= 0.3 is 0 Å². The summed E-state index contributed by atoms with van der Waals surface area (Å²) < 4.78 is 0.624. The summed E-state index contributed by atoms with van der Waals surface area (Å²) in [5.41, 5.74) is 1.70. The van der Waals surface area contributed by atoms with Crippen molar-refractivity contribution in [2.45, 2.75) is 212 Å². The van der Waals surface area contributed by atoms with Gasteiger partial charge in [0.05, 0.1) is 0 Å². The number of rotatable bonds is 35. The van der Waals surface area contributed by atoms with E-state index in [-0.39, 0.29) is 5.91 Å². The van der Waals surface area contributed by atoms with Crippen molar-refractivity contribution in [3.05, 3.63) is 0 Å². The second-order valence-corrected chi connectivity index (χ2v) is 14.0. The first kappa shape index (κ1) is 41.7. The summed E-state index contributed by atoms with van der Waals surface area (Å²) in [4.78, 5) is 10.9. The SMILES string of the molecule is O=C(CCCCCCCCCCCCCCCCCCCCCCCCCCCCCCCCCCNC(=S)S)NO. The van der Waals surface area contributed by atoms with Crippen molar-refractivity contribution >= 4 is 35.1 Å². The summed E-state index contributed by atoms with van der Waals surface area (Å²) in [7, 11) is 0. The monoisotopic (exact) mass is 629 g/mol. The van der Waals surface area contributed by atoms with Crippen LogP contribution in [0.5, 0.6) is 0 Å². The molecule has 1 amide bonds. The zero-order valence-electron chi connectivity index (χ0n) is 27.8. The number of thiol groups is 1. The first-order chi connectivity index (χ1) is 20.7. The lowest BCUT2D eigenvalue weighted by atomic mass is 10.0. The Morgan fingerprint density at radius 3 is 0.857 bits per heavy atom. The molecule has 0 aliphatic heterocycles. The first-order valence-corrected chi connectivity index (χ1v) is 19.4. The molecule has 0 atom stereocenters. The molecule has 4 nitrogen and oxygen atoms in total. The Morgan fingerprint density at radius 1 is 0.429 bits per heavy atom. The number of nitrogens with one attached hydrogen (secondary N) is 2. The fourth-order valence-corrected chi connectivity index (χ4v) is 6.18. The zero-order chi connectivity index (χ0) is 30.6. The number of hydroxylamine groups is 1. The van der Waals surface area contributed by atoms with Crippen LogP contribution in [0, 0.1) is 0 Å². The van der Waals surface area contributed by atoms with Crippen molar-refractivity contribution in [2.24, 2.45) is 0 Å². The van der Waals surface area contributed by atoms with Crippen molar-refractivity contribution in [3.63, 3.8) is 0 Å². The van der Waals surface area contributed by atoms with Gasteiger partial charge in [-0.15, -0.1) is 12.6 Å². The van der Waals surface area contributed by atoms with Gasteiger partial charge in [-0.1, -0.05) is 205 Å². The van der Waals surface area contributed by atoms with Crippen LogP contribution in [-0.4, -0.2) is 22.0 Å². The van der Waals surface area contributed by atoms with E-state index in [9.17, 15) is 4.79 Å². The number of carbonyl (C=O) groups is 1. The van der Waals surface area contributed by atoms with Gasteiger partial charge < -0.3 is 5.32 Å². The second-order valence-electron chi connectivity index (χ2n) is 12.8. The van der Waals surface area contributed by atoms with Crippen molar-refractivity contribution in [3.8, 4) is 0 Å². The van der Waals surface area contributed by atoms with Gasteiger partial charge in [-0.25, -0.2) is 5.48 Å². The minimum absolute atomic E-state index is 0.257. The molecule has 0 aliphatic carbocycles. The minimum atomic E-state index is -0.257. The first-order valence-electron chi connectivity index (χ1n) is 18.6. The molecule has 0 aromatic rings. The Morgan fingerprint density at radius 2 is 0.643 bits per heavy atom. The highest BCUT2D eigenvalue weighted by atomic mass is 32.1. The van der Waals surface area contributed by atoms with Gasteiger partial charge in [0.25, 0.3) is 0 Å². The molecule has 0 saturated carbocycles. The predicted molar refractivity (Wildman–Crippen MR) is 192 cm³/mol. The van der Waals surface area contributed by atoms with Gasteiger partial charge in [-0.2, -0.15) is 0 Å². The molecule has 0 aromatic carbocycles. The molecular formula is C36H72N2O2S2. The molecule has 0 aromatic heterocycles. The van der Waals surface area contributed by atoms with Crippen molar-refractivity contribution in [1.29, 1.82) is 0 Å². The van der Waals surface area contributed by atoms with E-state index < -0.39 is 0 Å². The number of thiocarbonyl (C=S) groups is 1. The maximum Gasteiger partial charge on any atom is 0.243 e. The van der Waals surface area contributed by atoms with Gasteiger partial charge in [-0.3, -0.25) is 10.0 Å². The van der Waals surface area contributed by atoms with Crippen LogP contribution in [0.4, 0.5) is 0 Å². The summed E-state index contributed by atoms with van der Waals surface area (Å²) in [6.45, 7) is 0.980. The lowest BCUT2D eigenvalue weighted by Crippen LogP contribution is -2.17. The van der Waals surface area contributed by atoms with E-state index in [1.54, 1.807) is 5.48 Å². The maximum atomic E-state index is 10.9. The van der Waals surface area contributed by atoms with Crippen LogP contribution < -0.4 is 10.8 Å². The third-order valence-corrected chi connectivity index (χ3v) is 9.03. The van der Waals surface area contributed by atoms with Crippen molar-refractivity contribution in [1.82, 2.24) is 10.8 Å². The van der Waals surface area contributed by atoms with Crippen LogP contribution in [0.15, 0.2) is 0 Å². The van der Waals surface area contributed by atoms with E-state index in [4.69, 9.17) is 17.4 Å². The molecule has 0 radical (unpaired) electrons. The van der Waals surface area contributed by atoms with E-state index in [1.165, 1.54) is 193 Å². The topological polar surface area (TPSA) is 61.4 Å². The highest BCUT2D eigenvalue weighted by Gasteiger charge is 1.99. The largest absolute Gasteiger partial charge is 0.371 e. The quantitative estimate of drug-likeness (QED) is 0.0185. The Bertz CT molecular complexity index is 563. The predicted octanol–water partition coefficient (Wildman–Crippen LogP) is 12.2. The summed E-state index contributed by atoms with van der Waals surface area (Å²) in [5, 5.41) is 11.6. The molecule has 0 saturated heterocycles. The Labute approximate surface area is 273 Å². The molecular weight excluding hydrogens is 557 g/mol. The van der Waals surface area contributed by atoms with Crippen LogP contribution in [0.3, 0.4) is 0 Å². The molecule has 0 fully saturated rings. The van der Waals surface area contributed by atoms with Gasteiger partial charge in [0.2, 0.25) is 5.91 Å². The van der Waals surface area contributed by atoms with Crippen LogP contribution in [0.2, 0.25) is 0 Å². The van der Waals surface area contributed by atoms with E-state index in [0.717, 1.165) is 19.4 Å². The number of hydrogen-bond donors (Lipinski definition) is 4. The number of amides is 1. The van der Waals surface area contributed by atoms with Crippen LogP contribution in [-0.2, 0) is 4.79 Å². The van der Waals surface area contributed by atoms with Crippen molar-refractivity contribution in [2.75, 3.05) is 6.54 Å². The summed E-state index contributed by atoms with van der Waals surface area (Å²) in [6, 6.07) is 0. The normalized spacial score (nSPS) is 11.2. The van der Waals surface area contributed by atoms with Crippen LogP contribution in [0.25, 0.3) is 0 Å². The molecule has 3 N–H and O–H groups in total. The molecule has 0 bridgehead atoms. The van der Waals surface area contributed by atoms with Gasteiger partial charge in [0.15, 0.2) is 0 Å². The summed E-state index contributed by atoms with van der Waals surface area (Å²) in [6.07, 6.45) is 44.7.